The summed E-state index contributed by atoms with van der Waals surface area (Å²) < 4.78 is 4.80. The number of rotatable bonds is 10. The first-order valence-corrected chi connectivity index (χ1v) is 17.0. The van der Waals surface area contributed by atoms with Crippen LogP contribution in [0.3, 0.4) is 0 Å². The van der Waals surface area contributed by atoms with Gasteiger partial charge in [0.05, 0.1) is 36.8 Å². The Morgan fingerprint density at radius 3 is 2.49 bits per heavy atom. The van der Waals surface area contributed by atoms with Gasteiger partial charge in [0.1, 0.15) is 17.7 Å². The number of hydrogen-bond acceptors (Lipinski definition) is 6. The van der Waals surface area contributed by atoms with E-state index in [-0.39, 0.29) is 17.9 Å². The van der Waals surface area contributed by atoms with Crippen molar-refractivity contribution in [3.05, 3.63) is 71.6 Å². The molecule has 0 saturated carbocycles. The second kappa shape index (κ2) is 14.1. The van der Waals surface area contributed by atoms with Crippen LogP contribution in [0.4, 0.5) is 4.79 Å². The lowest BCUT2D eigenvalue weighted by molar-refractivity contribution is -0.136. The molecule has 47 heavy (non-hydrogen) atoms. The van der Waals surface area contributed by atoms with Crippen LogP contribution >= 0.6 is 0 Å². The highest BCUT2D eigenvalue weighted by Gasteiger charge is 2.33. The smallest absolute Gasteiger partial charge is 0.407 e. The van der Waals surface area contributed by atoms with E-state index < -0.39 is 12.1 Å². The number of nitrogens with one attached hydrogen (secondary N) is 4. The van der Waals surface area contributed by atoms with Gasteiger partial charge in [0, 0.05) is 17.8 Å². The molecular weight excluding hydrogens is 590 g/mol. The second-order valence-electron chi connectivity index (χ2n) is 13.1. The summed E-state index contributed by atoms with van der Waals surface area (Å²) in [5, 5.41) is 6.24. The summed E-state index contributed by atoms with van der Waals surface area (Å²) in [7, 11) is 1.31. The third-order valence-corrected chi connectivity index (χ3v) is 9.55. The number of hydrogen-bond donors (Lipinski definition) is 4. The fourth-order valence-electron chi connectivity index (χ4n) is 6.88. The number of nitrogens with zero attached hydrogens (tertiary/aromatic N) is 3. The van der Waals surface area contributed by atoms with E-state index in [9.17, 15) is 9.59 Å². The van der Waals surface area contributed by atoms with E-state index in [1.165, 1.54) is 30.2 Å². The van der Waals surface area contributed by atoms with Gasteiger partial charge >= 0.3 is 6.09 Å². The molecule has 2 aliphatic rings. The Hall–Kier alpha value is -4.44. The van der Waals surface area contributed by atoms with Crippen LogP contribution in [0, 0.1) is 5.92 Å². The standard InChI is InChI=1S/C37H47N7O3/c1-6-19-44(36(45)32(22(2)3)43-37(46)47-5)23(4)34-40-29-10-7-9-27-20-26(16-17-28(27)33(29)42-34)24-12-14-25(15-13-24)31-21-39-35(41-31)30-11-8-18-38-30/h12-17,20-23,30,32,38H,6-11,18-19H2,1-5H3,(H,39,41)(H,40,42)(H,43,46)/t23-,30-,32-/m0/s1. The Kier molecular flexibility index (Phi) is 9.77. The molecule has 1 fully saturated rings. The predicted molar refractivity (Wildman–Crippen MR) is 184 cm³/mol. The van der Waals surface area contributed by atoms with Crippen LogP contribution in [0.5, 0.6) is 0 Å². The number of H-pyrrole nitrogens is 2. The van der Waals surface area contributed by atoms with Crippen LogP contribution < -0.4 is 10.6 Å². The minimum Gasteiger partial charge on any atom is -0.453 e. The third-order valence-electron chi connectivity index (χ3n) is 9.55. The number of ether oxygens (including phenoxy) is 1. The lowest BCUT2D eigenvalue weighted by Crippen LogP contribution is -2.52. The zero-order valence-electron chi connectivity index (χ0n) is 28.2. The monoisotopic (exact) mass is 637 g/mol. The summed E-state index contributed by atoms with van der Waals surface area (Å²) in [5.41, 5.74) is 9.00. The lowest BCUT2D eigenvalue weighted by Gasteiger charge is -2.33. The topological polar surface area (TPSA) is 128 Å². The molecule has 0 unspecified atom stereocenters. The molecule has 3 atom stereocenters. The highest BCUT2D eigenvalue weighted by Crippen LogP contribution is 2.36. The predicted octanol–water partition coefficient (Wildman–Crippen LogP) is 6.73. The Balaban J connectivity index is 1.22. The van der Waals surface area contributed by atoms with Crippen molar-refractivity contribution in [2.45, 2.75) is 84.3 Å². The van der Waals surface area contributed by atoms with Crippen LogP contribution in [0.15, 0.2) is 48.7 Å². The van der Waals surface area contributed by atoms with Crippen molar-refractivity contribution in [1.82, 2.24) is 35.5 Å². The van der Waals surface area contributed by atoms with E-state index in [1.54, 1.807) is 0 Å². The first-order chi connectivity index (χ1) is 22.8. The van der Waals surface area contributed by atoms with Crippen molar-refractivity contribution in [2.75, 3.05) is 20.2 Å². The largest absolute Gasteiger partial charge is 0.453 e. The molecule has 6 rings (SSSR count). The van der Waals surface area contributed by atoms with Crippen LogP contribution in [-0.4, -0.2) is 63.1 Å². The maximum absolute atomic E-state index is 13.8. The molecular formula is C37H47N7O3. The molecule has 10 nitrogen and oxygen atoms in total. The highest BCUT2D eigenvalue weighted by atomic mass is 16.5. The average molecular weight is 638 g/mol. The molecule has 4 N–H and O–H groups in total. The van der Waals surface area contributed by atoms with Gasteiger partial charge in [-0.15, -0.1) is 0 Å². The van der Waals surface area contributed by atoms with E-state index in [0.717, 1.165) is 78.5 Å². The van der Waals surface area contributed by atoms with Gasteiger partial charge in [0.2, 0.25) is 5.91 Å². The Labute approximate surface area is 277 Å². The Bertz CT molecular complexity index is 1700. The number of benzene rings is 2. The molecule has 3 heterocycles. The van der Waals surface area contributed by atoms with E-state index in [1.807, 2.05) is 38.8 Å². The van der Waals surface area contributed by atoms with Gasteiger partial charge in [-0.3, -0.25) is 4.79 Å². The van der Waals surface area contributed by atoms with Crippen molar-refractivity contribution in [1.29, 1.82) is 0 Å². The summed E-state index contributed by atoms with van der Waals surface area (Å²) in [6.07, 6.45) is 7.28. The Morgan fingerprint density at radius 1 is 1.02 bits per heavy atom. The minimum atomic E-state index is -0.691. The highest BCUT2D eigenvalue weighted by molar-refractivity contribution is 5.86. The van der Waals surface area contributed by atoms with Crippen molar-refractivity contribution in [3.63, 3.8) is 0 Å². The first-order valence-electron chi connectivity index (χ1n) is 17.0. The number of fused-ring (bicyclic) bond motifs is 3. The maximum atomic E-state index is 13.8. The molecule has 248 valence electrons. The summed E-state index contributed by atoms with van der Waals surface area (Å²) in [4.78, 5) is 44.5. The Morgan fingerprint density at radius 2 is 1.79 bits per heavy atom. The van der Waals surface area contributed by atoms with Crippen LogP contribution in [-0.2, 0) is 22.4 Å². The molecule has 2 aromatic heterocycles. The fourth-order valence-corrected chi connectivity index (χ4v) is 6.88. The van der Waals surface area contributed by atoms with Gasteiger partial charge in [0.15, 0.2) is 0 Å². The number of carbonyl (C=O) groups excluding carboxylic acids is 2. The number of alkyl carbamates (subject to hydrolysis) is 1. The quantitative estimate of drug-likeness (QED) is 0.153. The van der Waals surface area contributed by atoms with E-state index >= 15 is 0 Å². The molecule has 2 aromatic carbocycles. The van der Waals surface area contributed by atoms with Crippen LogP contribution in [0.2, 0.25) is 0 Å². The number of imidazole rings is 2. The van der Waals surface area contributed by atoms with Gasteiger partial charge in [-0.25, -0.2) is 14.8 Å². The zero-order valence-corrected chi connectivity index (χ0v) is 28.2. The molecule has 1 aliphatic heterocycles. The van der Waals surface area contributed by atoms with Gasteiger partial charge in [-0.05, 0) is 80.2 Å². The summed E-state index contributed by atoms with van der Waals surface area (Å²) in [5.74, 6) is 1.54. The first kappa shape index (κ1) is 32.5. The molecule has 1 saturated heterocycles. The summed E-state index contributed by atoms with van der Waals surface area (Å²) >= 11 is 0. The van der Waals surface area contributed by atoms with Gasteiger partial charge in [-0.2, -0.15) is 0 Å². The van der Waals surface area contributed by atoms with Gasteiger partial charge in [-0.1, -0.05) is 63.2 Å². The number of amides is 2. The molecule has 2 amide bonds. The lowest BCUT2D eigenvalue weighted by atomic mass is 9.95. The third kappa shape index (κ3) is 6.83. The fraction of sp³-hybridized carbons (Fsp3) is 0.459. The number of aromatic amines is 2. The molecule has 0 radical (unpaired) electrons. The maximum Gasteiger partial charge on any atom is 0.407 e. The van der Waals surface area contributed by atoms with Crippen LogP contribution in [0.1, 0.15) is 88.4 Å². The van der Waals surface area contributed by atoms with E-state index in [4.69, 9.17) is 9.72 Å². The van der Waals surface area contributed by atoms with Crippen LogP contribution in [0.25, 0.3) is 33.6 Å². The van der Waals surface area contributed by atoms with Crippen molar-refractivity contribution >= 4 is 12.0 Å². The van der Waals surface area contributed by atoms with E-state index in [0.29, 0.717) is 12.6 Å². The number of carbonyl (C=O) groups is 2. The molecule has 0 spiro atoms. The van der Waals surface area contributed by atoms with Crippen molar-refractivity contribution in [3.8, 4) is 33.6 Å². The second-order valence-corrected chi connectivity index (χ2v) is 13.1. The number of methoxy groups -OCH3 is 1. The van der Waals surface area contributed by atoms with Crippen molar-refractivity contribution < 1.29 is 14.3 Å². The van der Waals surface area contributed by atoms with Crippen molar-refractivity contribution in [2.24, 2.45) is 5.92 Å². The molecule has 4 aromatic rings. The molecule has 10 heteroatoms. The summed E-state index contributed by atoms with van der Waals surface area (Å²) in [6, 6.07) is 14.7. The normalized spacial score (nSPS) is 17.0. The number of aromatic nitrogens is 4. The molecule has 0 bridgehead atoms. The van der Waals surface area contributed by atoms with E-state index in [2.05, 4.69) is 68.1 Å². The summed E-state index contributed by atoms with van der Waals surface area (Å²) in [6.45, 7) is 9.50. The van der Waals surface area contributed by atoms with Gasteiger partial charge < -0.3 is 30.2 Å². The average Bonchev–Trinajstić information content (AvgIpc) is 3.86. The SMILES string of the molecule is CCCN(C(=O)[C@@H](NC(=O)OC)C(C)C)[C@@H](C)c1nc2c([nH]1)CCCc1cc(-c3ccc(-c4cnc([C@@H]5CCCN5)[nH]4)cc3)ccc1-2. The zero-order chi connectivity index (χ0) is 33.1. The number of aryl methyl sites for hydroxylation is 2. The van der Waals surface area contributed by atoms with Gasteiger partial charge in [0.25, 0.3) is 0 Å². The minimum absolute atomic E-state index is 0.101. The molecule has 1 aliphatic carbocycles.